The van der Waals surface area contributed by atoms with Crippen LogP contribution in [0.15, 0.2) is 47.4 Å². The minimum absolute atomic E-state index is 0.191. The summed E-state index contributed by atoms with van der Waals surface area (Å²) < 4.78 is 12.2. The first-order valence-electron chi connectivity index (χ1n) is 7.53. The van der Waals surface area contributed by atoms with Crippen LogP contribution in [0.1, 0.15) is 0 Å². The Hall–Kier alpha value is -3.36. The molecule has 0 aliphatic carbocycles. The lowest BCUT2D eigenvalue weighted by Gasteiger charge is -2.26. The summed E-state index contributed by atoms with van der Waals surface area (Å²) in [5.41, 5.74) is -0.750. The summed E-state index contributed by atoms with van der Waals surface area (Å²) in [4.78, 5) is 33.8. The number of ether oxygens (including phenoxy) is 2. The number of amides is 1. The van der Waals surface area contributed by atoms with Crippen molar-refractivity contribution in [3.8, 4) is 11.5 Å². The molecule has 1 aliphatic rings. The van der Waals surface area contributed by atoms with E-state index in [1.165, 1.54) is 0 Å². The van der Waals surface area contributed by atoms with Crippen LogP contribution in [0.2, 0.25) is 0 Å². The fourth-order valence-corrected chi connectivity index (χ4v) is 2.35. The number of fused-ring (bicyclic) bond motifs is 1. The second-order valence-corrected chi connectivity index (χ2v) is 5.41. The van der Waals surface area contributed by atoms with Crippen LogP contribution in [0.4, 0.5) is 5.69 Å². The largest absolute Gasteiger partial charge is 0.486 e. The number of aromatic nitrogens is 1. The summed E-state index contributed by atoms with van der Waals surface area (Å²) in [6, 6.07) is 9.37. The SMILES string of the molecule is O=C(Cn1cc([N+](=O)[O-])ccc1=O)NCC1COc2ccccc2O1. The van der Waals surface area contributed by atoms with Gasteiger partial charge in [0.1, 0.15) is 19.3 Å². The van der Waals surface area contributed by atoms with Crippen LogP contribution in [-0.4, -0.2) is 34.7 Å². The Balaban J connectivity index is 1.56. The Morgan fingerprint density at radius 1 is 1.28 bits per heavy atom. The van der Waals surface area contributed by atoms with Gasteiger partial charge >= 0.3 is 0 Å². The van der Waals surface area contributed by atoms with Crippen LogP contribution in [-0.2, 0) is 11.3 Å². The van der Waals surface area contributed by atoms with Gasteiger partial charge in [-0.1, -0.05) is 12.1 Å². The van der Waals surface area contributed by atoms with E-state index < -0.39 is 16.4 Å². The van der Waals surface area contributed by atoms with Crippen molar-refractivity contribution in [1.82, 2.24) is 9.88 Å². The van der Waals surface area contributed by atoms with Gasteiger partial charge < -0.3 is 14.8 Å². The van der Waals surface area contributed by atoms with Gasteiger partial charge in [0.2, 0.25) is 5.91 Å². The second kappa shape index (κ2) is 7.04. The highest BCUT2D eigenvalue weighted by Crippen LogP contribution is 2.30. The molecule has 25 heavy (non-hydrogen) atoms. The Morgan fingerprint density at radius 3 is 2.80 bits per heavy atom. The number of benzene rings is 1. The smallest absolute Gasteiger partial charge is 0.285 e. The molecule has 130 valence electrons. The zero-order valence-electron chi connectivity index (χ0n) is 13.1. The van der Waals surface area contributed by atoms with Crippen molar-refractivity contribution in [1.29, 1.82) is 0 Å². The van der Waals surface area contributed by atoms with Crippen molar-refractivity contribution in [3.63, 3.8) is 0 Å². The van der Waals surface area contributed by atoms with Crippen LogP contribution >= 0.6 is 0 Å². The second-order valence-electron chi connectivity index (χ2n) is 5.41. The van der Waals surface area contributed by atoms with Crippen molar-refractivity contribution in [2.24, 2.45) is 0 Å². The van der Waals surface area contributed by atoms with Crippen molar-refractivity contribution in [2.45, 2.75) is 12.6 Å². The van der Waals surface area contributed by atoms with E-state index in [0.29, 0.717) is 11.5 Å². The fourth-order valence-electron chi connectivity index (χ4n) is 2.35. The summed E-state index contributed by atoms with van der Waals surface area (Å²) >= 11 is 0. The molecular weight excluding hydrogens is 330 g/mol. The summed E-state index contributed by atoms with van der Waals surface area (Å²) in [5, 5.41) is 13.4. The summed E-state index contributed by atoms with van der Waals surface area (Å²) in [5.74, 6) is 0.793. The molecule has 2 heterocycles. The molecule has 0 saturated carbocycles. The molecule has 0 saturated heterocycles. The molecule has 0 radical (unpaired) electrons. The van der Waals surface area contributed by atoms with Crippen molar-refractivity contribution in [2.75, 3.05) is 13.2 Å². The highest BCUT2D eigenvalue weighted by atomic mass is 16.6. The maximum absolute atomic E-state index is 12.0. The molecule has 1 aromatic carbocycles. The van der Waals surface area contributed by atoms with Gasteiger partial charge in [0.05, 0.1) is 17.7 Å². The van der Waals surface area contributed by atoms with Crippen LogP contribution < -0.4 is 20.3 Å². The Labute approximate surface area is 141 Å². The minimum atomic E-state index is -0.626. The van der Waals surface area contributed by atoms with E-state index in [1.807, 2.05) is 12.1 Å². The van der Waals surface area contributed by atoms with E-state index >= 15 is 0 Å². The first-order valence-corrected chi connectivity index (χ1v) is 7.53. The standard InChI is InChI=1S/C16H15N3O6/c20-15(9-18-8-11(19(22)23)5-6-16(18)21)17-7-12-10-24-13-3-1-2-4-14(13)25-12/h1-6,8,12H,7,9-10H2,(H,17,20). The number of hydrogen-bond donors (Lipinski definition) is 1. The van der Waals surface area contributed by atoms with E-state index in [1.54, 1.807) is 12.1 Å². The van der Waals surface area contributed by atoms with E-state index in [-0.39, 0.29) is 31.5 Å². The molecule has 0 bridgehead atoms. The zero-order valence-corrected chi connectivity index (χ0v) is 13.1. The number of para-hydroxylation sites is 2. The third-order valence-corrected chi connectivity index (χ3v) is 3.59. The summed E-state index contributed by atoms with van der Waals surface area (Å²) in [7, 11) is 0. The van der Waals surface area contributed by atoms with Crippen molar-refractivity contribution >= 4 is 11.6 Å². The molecule has 1 unspecified atom stereocenters. The number of pyridine rings is 1. The molecule has 0 fully saturated rings. The number of nitrogens with zero attached hydrogens (tertiary/aromatic N) is 2. The highest BCUT2D eigenvalue weighted by Gasteiger charge is 2.21. The third-order valence-electron chi connectivity index (χ3n) is 3.59. The van der Waals surface area contributed by atoms with E-state index in [0.717, 1.165) is 22.9 Å². The lowest BCUT2D eigenvalue weighted by atomic mass is 10.2. The molecule has 1 aromatic heterocycles. The Bertz CT molecular complexity index is 863. The van der Waals surface area contributed by atoms with E-state index in [2.05, 4.69) is 5.32 Å². The zero-order chi connectivity index (χ0) is 17.8. The lowest BCUT2D eigenvalue weighted by Crippen LogP contribution is -2.42. The normalized spacial score (nSPS) is 15.4. The van der Waals surface area contributed by atoms with Crippen LogP contribution in [0.5, 0.6) is 11.5 Å². The summed E-state index contributed by atoms with van der Waals surface area (Å²) in [6.45, 7) is 0.162. The fraction of sp³-hybridized carbons (Fsp3) is 0.250. The molecule has 1 amide bonds. The number of nitrogens with one attached hydrogen (secondary N) is 1. The summed E-state index contributed by atoms with van der Waals surface area (Å²) in [6.07, 6.45) is 0.680. The molecule has 9 heteroatoms. The Kier molecular flexibility index (Phi) is 4.64. The quantitative estimate of drug-likeness (QED) is 0.631. The number of hydrogen-bond acceptors (Lipinski definition) is 6. The van der Waals surface area contributed by atoms with Gasteiger partial charge in [-0.25, -0.2) is 0 Å². The highest BCUT2D eigenvalue weighted by molar-refractivity contribution is 5.75. The lowest BCUT2D eigenvalue weighted by molar-refractivity contribution is -0.385. The molecule has 1 N–H and O–H groups in total. The van der Waals surface area contributed by atoms with Gasteiger partial charge in [0.25, 0.3) is 11.2 Å². The minimum Gasteiger partial charge on any atom is -0.486 e. The van der Waals surface area contributed by atoms with E-state index in [4.69, 9.17) is 9.47 Å². The van der Waals surface area contributed by atoms with Gasteiger partial charge in [-0.05, 0) is 12.1 Å². The molecule has 2 aromatic rings. The monoisotopic (exact) mass is 345 g/mol. The van der Waals surface area contributed by atoms with Gasteiger partial charge in [-0.15, -0.1) is 0 Å². The van der Waals surface area contributed by atoms with Crippen LogP contribution in [0, 0.1) is 10.1 Å². The maximum atomic E-state index is 12.0. The van der Waals surface area contributed by atoms with Gasteiger partial charge in [0.15, 0.2) is 11.5 Å². The molecule has 0 spiro atoms. The topological polar surface area (TPSA) is 113 Å². The average Bonchev–Trinajstić information content (AvgIpc) is 2.61. The van der Waals surface area contributed by atoms with Gasteiger partial charge in [-0.3, -0.25) is 24.3 Å². The van der Waals surface area contributed by atoms with Gasteiger partial charge in [-0.2, -0.15) is 0 Å². The molecule has 9 nitrogen and oxygen atoms in total. The number of carbonyl (C=O) groups is 1. The molecular formula is C16H15N3O6. The maximum Gasteiger partial charge on any atom is 0.285 e. The molecule has 3 rings (SSSR count). The number of rotatable bonds is 5. The Morgan fingerprint density at radius 2 is 2.04 bits per heavy atom. The van der Waals surface area contributed by atoms with Crippen LogP contribution in [0.25, 0.3) is 0 Å². The number of nitro groups is 1. The first-order chi connectivity index (χ1) is 12.0. The van der Waals surface area contributed by atoms with Crippen molar-refractivity contribution in [3.05, 3.63) is 63.1 Å². The van der Waals surface area contributed by atoms with Crippen molar-refractivity contribution < 1.29 is 19.2 Å². The van der Waals surface area contributed by atoms with E-state index in [9.17, 15) is 19.7 Å². The predicted molar refractivity (Wildman–Crippen MR) is 86.7 cm³/mol. The molecule has 1 atom stereocenters. The molecule has 1 aliphatic heterocycles. The van der Waals surface area contributed by atoms with Crippen LogP contribution in [0.3, 0.4) is 0 Å². The van der Waals surface area contributed by atoms with Gasteiger partial charge in [0, 0.05) is 12.1 Å². The number of carbonyl (C=O) groups excluding carboxylic acids is 1. The first kappa shape index (κ1) is 16.5. The third kappa shape index (κ3) is 3.94. The predicted octanol–water partition coefficient (Wildman–Crippen LogP) is 0.713. The average molecular weight is 345 g/mol.